The normalized spacial score (nSPS) is 23.3. The number of hydrogen-bond donors (Lipinski definition) is 1. The molecule has 1 saturated heterocycles. The summed E-state index contributed by atoms with van der Waals surface area (Å²) in [5.41, 5.74) is 0.441. The second kappa shape index (κ2) is 5.80. The number of methoxy groups -OCH3 is 1. The molecule has 2 unspecified atom stereocenters. The fourth-order valence-electron chi connectivity index (χ4n) is 2.25. The van der Waals surface area contributed by atoms with Crippen LogP contribution in [0.4, 0.5) is 0 Å². The van der Waals surface area contributed by atoms with Crippen molar-refractivity contribution in [1.29, 1.82) is 0 Å². The van der Waals surface area contributed by atoms with Crippen LogP contribution in [0.15, 0.2) is 18.2 Å². The van der Waals surface area contributed by atoms with Gasteiger partial charge in [0.15, 0.2) is 0 Å². The predicted octanol–water partition coefficient (Wildman–Crippen LogP) is 2.19. The number of amides is 1. The van der Waals surface area contributed by atoms with Gasteiger partial charge in [-0.15, -0.1) is 0 Å². The van der Waals surface area contributed by atoms with E-state index in [0.29, 0.717) is 29.4 Å². The van der Waals surface area contributed by atoms with Crippen LogP contribution >= 0.6 is 11.6 Å². The molecule has 1 amide bonds. The number of likely N-dealkylation sites (tertiary alicyclic amines) is 1. The van der Waals surface area contributed by atoms with Gasteiger partial charge >= 0.3 is 0 Å². The van der Waals surface area contributed by atoms with Crippen LogP contribution < -0.4 is 4.74 Å². The number of β-amino-alcohol motifs (C(OH)–C–C–N with tert-alkyl or cyclic N) is 1. The lowest BCUT2D eigenvalue weighted by Crippen LogP contribution is -2.45. The predicted molar refractivity (Wildman–Crippen MR) is 73.7 cm³/mol. The SMILES string of the molecule is COc1ccc(Cl)cc1C(=O)N1CCC(C)C(O)C1. The van der Waals surface area contributed by atoms with Gasteiger partial charge in [-0.25, -0.2) is 0 Å². The maximum Gasteiger partial charge on any atom is 0.257 e. The summed E-state index contributed by atoms with van der Waals surface area (Å²) >= 11 is 5.93. The first-order valence-corrected chi connectivity index (χ1v) is 6.71. The van der Waals surface area contributed by atoms with E-state index in [1.165, 1.54) is 7.11 Å². The van der Waals surface area contributed by atoms with Crippen LogP contribution in [0.25, 0.3) is 0 Å². The molecule has 1 fully saturated rings. The zero-order valence-corrected chi connectivity index (χ0v) is 11.9. The number of aliphatic hydroxyl groups excluding tert-OH is 1. The van der Waals surface area contributed by atoms with E-state index in [1.54, 1.807) is 23.1 Å². The number of nitrogens with zero attached hydrogens (tertiary/aromatic N) is 1. The Balaban J connectivity index is 2.22. The first-order valence-electron chi connectivity index (χ1n) is 6.33. The van der Waals surface area contributed by atoms with Gasteiger partial charge in [-0.1, -0.05) is 18.5 Å². The Morgan fingerprint density at radius 2 is 2.26 bits per heavy atom. The summed E-state index contributed by atoms with van der Waals surface area (Å²) in [6.45, 7) is 2.99. The molecule has 0 saturated carbocycles. The van der Waals surface area contributed by atoms with Crippen LogP contribution in [0.2, 0.25) is 5.02 Å². The van der Waals surface area contributed by atoms with Gasteiger partial charge in [0.25, 0.3) is 5.91 Å². The number of benzene rings is 1. The lowest BCUT2D eigenvalue weighted by molar-refractivity contribution is 0.0247. The number of carbonyl (C=O) groups is 1. The second-order valence-electron chi connectivity index (χ2n) is 4.93. The Kier molecular flexibility index (Phi) is 4.32. The van der Waals surface area contributed by atoms with Gasteiger partial charge in [-0.3, -0.25) is 4.79 Å². The van der Waals surface area contributed by atoms with Crippen molar-refractivity contribution in [3.8, 4) is 5.75 Å². The zero-order valence-electron chi connectivity index (χ0n) is 11.1. The summed E-state index contributed by atoms with van der Waals surface area (Å²) in [6, 6.07) is 4.97. The topological polar surface area (TPSA) is 49.8 Å². The van der Waals surface area contributed by atoms with E-state index < -0.39 is 6.10 Å². The number of rotatable bonds is 2. The molecule has 104 valence electrons. The van der Waals surface area contributed by atoms with Crippen LogP contribution in [-0.2, 0) is 0 Å². The van der Waals surface area contributed by atoms with E-state index in [-0.39, 0.29) is 11.8 Å². The molecule has 2 rings (SSSR count). The van der Waals surface area contributed by atoms with Crippen molar-refractivity contribution < 1.29 is 14.6 Å². The van der Waals surface area contributed by atoms with Gasteiger partial charge in [0, 0.05) is 18.1 Å². The van der Waals surface area contributed by atoms with Gasteiger partial charge < -0.3 is 14.7 Å². The van der Waals surface area contributed by atoms with E-state index in [1.807, 2.05) is 6.92 Å². The van der Waals surface area contributed by atoms with Crippen LogP contribution in [0.1, 0.15) is 23.7 Å². The minimum absolute atomic E-state index is 0.148. The highest BCUT2D eigenvalue weighted by molar-refractivity contribution is 6.31. The summed E-state index contributed by atoms with van der Waals surface area (Å²) in [5.74, 6) is 0.582. The van der Waals surface area contributed by atoms with Crippen molar-refractivity contribution in [2.45, 2.75) is 19.4 Å². The summed E-state index contributed by atoms with van der Waals surface area (Å²) in [6.07, 6.45) is 0.332. The smallest absolute Gasteiger partial charge is 0.257 e. The third-order valence-corrected chi connectivity index (χ3v) is 3.83. The van der Waals surface area contributed by atoms with Crippen molar-refractivity contribution in [3.05, 3.63) is 28.8 Å². The fourth-order valence-corrected chi connectivity index (χ4v) is 2.42. The molecule has 0 spiro atoms. The second-order valence-corrected chi connectivity index (χ2v) is 5.37. The van der Waals surface area contributed by atoms with Crippen molar-refractivity contribution in [1.82, 2.24) is 4.90 Å². The van der Waals surface area contributed by atoms with E-state index in [9.17, 15) is 9.90 Å². The molecular weight excluding hydrogens is 266 g/mol. The van der Waals surface area contributed by atoms with E-state index in [0.717, 1.165) is 6.42 Å². The Labute approximate surface area is 117 Å². The minimum atomic E-state index is -0.470. The quantitative estimate of drug-likeness (QED) is 0.905. The highest BCUT2D eigenvalue weighted by atomic mass is 35.5. The molecule has 1 aromatic rings. The third kappa shape index (κ3) is 3.01. The molecule has 4 nitrogen and oxygen atoms in total. The van der Waals surface area contributed by atoms with Gasteiger partial charge in [0.05, 0.1) is 18.8 Å². The average molecular weight is 284 g/mol. The Morgan fingerprint density at radius 3 is 2.89 bits per heavy atom. The highest BCUT2D eigenvalue weighted by Crippen LogP contribution is 2.26. The van der Waals surface area contributed by atoms with Gasteiger partial charge in [-0.05, 0) is 30.5 Å². The van der Waals surface area contributed by atoms with Crippen molar-refractivity contribution in [2.24, 2.45) is 5.92 Å². The Hall–Kier alpha value is -1.26. The molecule has 2 atom stereocenters. The molecule has 5 heteroatoms. The van der Waals surface area contributed by atoms with Crippen LogP contribution in [0.5, 0.6) is 5.75 Å². The number of ether oxygens (including phenoxy) is 1. The molecule has 19 heavy (non-hydrogen) atoms. The Bertz CT molecular complexity index is 478. The standard InChI is InChI=1S/C14H18ClNO3/c1-9-5-6-16(8-12(9)17)14(18)11-7-10(15)3-4-13(11)19-2/h3-4,7,9,12,17H,5-6,8H2,1-2H3. The summed E-state index contributed by atoms with van der Waals surface area (Å²) in [5, 5.41) is 10.4. The maximum absolute atomic E-state index is 12.5. The number of aliphatic hydroxyl groups is 1. The number of piperidine rings is 1. The van der Waals surface area contributed by atoms with E-state index >= 15 is 0 Å². The molecular formula is C14H18ClNO3. The molecule has 1 aliphatic rings. The first-order chi connectivity index (χ1) is 9.02. The first kappa shape index (κ1) is 14.2. The molecule has 1 aromatic carbocycles. The zero-order chi connectivity index (χ0) is 14.0. The monoisotopic (exact) mass is 283 g/mol. The van der Waals surface area contributed by atoms with Crippen LogP contribution in [0.3, 0.4) is 0 Å². The molecule has 1 N–H and O–H groups in total. The van der Waals surface area contributed by atoms with Crippen LogP contribution in [-0.4, -0.2) is 42.2 Å². The van der Waals surface area contributed by atoms with Crippen molar-refractivity contribution in [3.63, 3.8) is 0 Å². The summed E-state index contributed by atoms with van der Waals surface area (Å²) in [7, 11) is 1.52. The maximum atomic E-state index is 12.5. The summed E-state index contributed by atoms with van der Waals surface area (Å²) in [4.78, 5) is 14.1. The van der Waals surface area contributed by atoms with E-state index in [2.05, 4.69) is 0 Å². The summed E-state index contributed by atoms with van der Waals surface area (Å²) < 4.78 is 5.19. The average Bonchev–Trinajstić information content (AvgIpc) is 2.41. The molecule has 1 aliphatic heterocycles. The lowest BCUT2D eigenvalue weighted by atomic mass is 9.95. The van der Waals surface area contributed by atoms with Crippen LogP contribution in [0, 0.1) is 5.92 Å². The Morgan fingerprint density at radius 1 is 1.53 bits per heavy atom. The molecule has 0 aliphatic carbocycles. The van der Waals surface area contributed by atoms with Gasteiger partial charge in [-0.2, -0.15) is 0 Å². The molecule has 0 radical (unpaired) electrons. The van der Waals surface area contributed by atoms with Gasteiger partial charge in [0.2, 0.25) is 0 Å². The van der Waals surface area contributed by atoms with Gasteiger partial charge in [0.1, 0.15) is 5.75 Å². The lowest BCUT2D eigenvalue weighted by Gasteiger charge is -2.34. The largest absolute Gasteiger partial charge is 0.496 e. The molecule has 0 aromatic heterocycles. The highest BCUT2D eigenvalue weighted by Gasteiger charge is 2.29. The molecule has 1 heterocycles. The number of carbonyl (C=O) groups excluding carboxylic acids is 1. The molecule has 0 bridgehead atoms. The van der Waals surface area contributed by atoms with E-state index in [4.69, 9.17) is 16.3 Å². The fraction of sp³-hybridized carbons (Fsp3) is 0.500. The minimum Gasteiger partial charge on any atom is -0.496 e. The number of hydrogen-bond acceptors (Lipinski definition) is 3. The van der Waals surface area contributed by atoms with Crippen molar-refractivity contribution >= 4 is 17.5 Å². The van der Waals surface area contributed by atoms with Crippen molar-refractivity contribution in [2.75, 3.05) is 20.2 Å². The third-order valence-electron chi connectivity index (χ3n) is 3.60. The number of halogens is 1.